The molecule has 4 heteroatoms. The van der Waals surface area contributed by atoms with E-state index in [2.05, 4.69) is 0 Å². The largest absolute Gasteiger partial charge is 0.497 e. The third kappa shape index (κ3) is 4.45. The first-order valence-corrected chi connectivity index (χ1v) is 6.56. The van der Waals surface area contributed by atoms with Crippen molar-refractivity contribution < 1.29 is 19.1 Å². The molecule has 0 aliphatic heterocycles. The number of methoxy groups -OCH3 is 1. The SMILES string of the molecule is COc1ccc(C(=O)COC(=O)Cc2ccccc2)cc1. The molecule has 0 radical (unpaired) electrons. The van der Waals surface area contributed by atoms with Crippen LogP contribution in [0.25, 0.3) is 0 Å². The van der Waals surface area contributed by atoms with E-state index in [9.17, 15) is 9.59 Å². The van der Waals surface area contributed by atoms with Gasteiger partial charge in [-0.2, -0.15) is 0 Å². The Kier molecular flexibility index (Phi) is 5.10. The summed E-state index contributed by atoms with van der Waals surface area (Å²) < 4.78 is 10.0. The zero-order chi connectivity index (χ0) is 15.1. The predicted octanol–water partition coefficient (Wildman–Crippen LogP) is 2.66. The number of ether oxygens (including phenoxy) is 2. The number of carbonyl (C=O) groups excluding carboxylic acids is 2. The molecule has 4 nitrogen and oxygen atoms in total. The number of Topliss-reactive ketones (excluding diaryl/α,β-unsaturated/α-hetero) is 1. The molecular formula is C17H16O4. The minimum Gasteiger partial charge on any atom is -0.497 e. The van der Waals surface area contributed by atoms with Gasteiger partial charge in [0, 0.05) is 5.56 Å². The van der Waals surface area contributed by atoms with Gasteiger partial charge in [0.2, 0.25) is 0 Å². The Hall–Kier alpha value is -2.62. The maximum Gasteiger partial charge on any atom is 0.310 e. The lowest BCUT2D eigenvalue weighted by atomic mass is 10.1. The van der Waals surface area contributed by atoms with E-state index in [0.717, 1.165) is 5.56 Å². The van der Waals surface area contributed by atoms with Crippen LogP contribution in [-0.4, -0.2) is 25.5 Å². The van der Waals surface area contributed by atoms with Gasteiger partial charge in [0.25, 0.3) is 0 Å². The first kappa shape index (κ1) is 14.8. The van der Waals surface area contributed by atoms with Crippen molar-refractivity contribution in [1.29, 1.82) is 0 Å². The lowest BCUT2D eigenvalue weighted by Crippen LogP contribution is -2.15. The number of carbonyl (C=O) groups is 2. The third-order valence-corrected chi connectivity index (χ3v) is 2.97. The fraction of sp³-hybridized carbons (Fsp3) is 0.176. The number of rotatable bonds is 6. The smallest absolute Gasteiger partial charge is 0.310 e. The molecule has 0 heterocycles. The van der Waals surface area contributed by atoms with E-state index in [0.29, 0.717) is 11.3 Å². The van der Waals surface area contributed by atoms with Gasteiger partial charge in [-0.15, -0.1) is 0 Å². The van der Waals surface area contributed by atoms with Crippen LogP contribution >= 0.6 is 0 Å². The second-order valence-corrected chi connectivity index (χ2v) is 4.47. The zero-order valence-corrected chi connectivity index (χ0v) is 11.7. The monoisotopic (exact) mass is 284 g/mol. The molecule has 0 N–H and O–H groups in total. The summed E-state index contributed by atoms with van der Waals surface area (Å²) in [6.07, 6.45) is 0.163. The van der Waals surface area contributed by atoms with Crippen LogP contribution in [-0.2, 0) is 16.0 Å². The highest BCUT2D eigenvalue weighted by Crippen LogP contribution is 2.12. The lowest BCUT2D eigenvalue weighted by molar-refractivity contribution is -0.141. The van der Waals surface area contributed by atoms with E-state index in [1.165, 1.54) is 0 Å². The summed E-state index contributed by atoms with van der Waals surface area (Å²) in [5.74, 6) is 0.0229. The summed E-state index contributed by atoms with van der Waals surface area (Å²) in [7, 11) is 1.56. The maximum atomic E-state index is 11.9. The van der Waals surface area contributed by atoms with Crippen molar-refractivity contribution in [3.63, 3.8) is 0 Å². The van der Waals surface area contributed by atoms with Gasteiger partial charge < -0.3 is 9.47 Å². The Bertz CT molecular complexity index is 602. The molecule has 0 aliphatic carbocycles. The topological polar surface area (TPSA) is 52.6 Å². The van der Waals surface area contributed by atoms with Gasteiger partial charge >= 0.3 is 5.97 Å². The minimum atomic E-state index is -0.414. The normalized spacial score (nSPS) is 9.95. The van der Waals surface area contributed by atoms with Gasteiger partial charge in [-0.05, 0) is 29.8 Å². The summed E-state index contributed by atoms with van der Waals surface area (Å²) in [5, 5.41) is 0. The highest BCUT2D eigenvalue weighted by molar-refractivity contribution is 5.98. The zero-order valence-electron chi connectivity index (χ0n) is 11.7. The van der Waals surface area contributed by atoms with Crippen LogP contribution in [0.5, 0.6) is 5.75 Å². The minimum absolute atomic E-state index is 0.163. The third-order valence-electron chi connectivity index (χ3n) is 2.97. The molecule has 0 saturated carbocycles. The van der Waals surface area contributed by atoms with Gasteiger partial charge in [-0.25, -0.2) is 0 Å². The Labute approximate surface area is 123 Å². The van der Waals surface area contributed by atoms with E-state index in [1.54, 1.807) is 31.4 Å². The standard InChI is InChI=1S/C17H16O4/c1-20-15-9-7-14(8-10-15)16(18)12-21-17(19)11-13-5-3-2-4-6-13/h2-10H,11-12H2,1H3. The Morgan fingerprint density at radius 3 is 2.24 bits per heavy atom. The molecule has 0 spiro atoms. The average Bonchev–Trinajstić information content (AvgIpc) is 2.53. The van der Waals surface area contributed by atoms with E-state index in [1.807, 2.05) is 30.3 Å². The number of hydrogen-bond donors (Lipinski definition) is 0. The molecule has 0 aromatic heterocycles. The van der Waals surface area contributed by atoms with Gasteiger partial charge in [-0.3, -0.25) is 9.59 Å². The van der Waals surface area contributed by atoms with Gasteiger partial charge in [0.1, 0.15) is 5.75 Å². The molecule has 2 rings (SSSR count). The van der Waals surface area contributed by atoms with Crippen molar-refractivity contribution in [1.82, 2.24) is 0 Å². The van der Waals surface area contributed by atoms with Crippen molar-refractivity contribution in [3.8, 4) is 5.75 Å². The molecule has 2 aromatic rings. The molecule has 0 fully saturated rings. The van der Waals surface area contributed by atoms with Crippen LogP contribution in [0.4, 0.5) is 0 Å². The van der Waals surface area contributed by atoms with E-state index >= 15 is 0 Å². The molecule has 0 amide bonds. The average molecular weight is 284 g/mol. The fourth-order valence-corrected chi connectivity index (χ4v) is 1.82. The first-order valence-electron chi connectivity index (χ1n) is 6.56. The highest BCUT2D eigenvalue weighted by atomic mass is 16.5. The number of hydrogen-bond acceptors (Lipinski definition) is 4. The van der Waals surface area contributed by atoms with Crippen LogP contribution in [0.15, 0.2) is 54.6 Å². The van der Waals surface area contributed by atoms with Gasteiger partial charge in [0.05, 0.1) is 13.5 Å². The number of ketones is 1. The molecule has 108 valence electrons. The van der Waals surface area contributed by atoms with Crippen molar-refractivity contribution >= 4 is 11.8 Å². The van der Waals surface area contributed by atoms with Crippen LogP contribution in [0.3, 0.4) is 0 Å². The molecule has 0 aliphatic rings. The van der Waals surface area contributed by atoms with Crippen LogP contribution < -0.4 is 4.74 Å². The summed E-state index contributed by atoms with van der Waals surface area (Å²) >= 11 is 0. The Balaban J connectivity index is 1.84. The molecule has 0 saturated heterocycles. The summed E-state index contributed by atoms with van der Waals surface area (Å²) in [6.45, 7) is -0.252. The number of benzene rings is 2. The van der Waals surface area contributed by atoms with Crippen molar-refractivity contribution in [2.45, 2.75) is 6.42 Å². The quantitative estimate of drug-likeness (QED) is 0.604. The first-order chi connectivity index (χ1) is 10.2. The summed E-state index contributed by atoms with van der Waals surface area (Å²) in [4.78, 5) is 23.5. The molecule has 21 heavy (non-hydrogen) atoms. The lowest BCUT2D eigenvalue weighted by Gasteiger charge is -2.05. The molecule has 0 bridgehead atoms. The molecule has 0 unspecified atom stereocenters. The highest BCUT2D eigenvalue weighted by Gasteiger charge is 2.10. The predicted molar refractivity (Wildman–Crippen MR) is 78.4 cm³/mol. The maximum absolute atomic E-state index is 11.9. The Morgan fingerprint density at radius 1 is 0.952 bits per heavy atom. The fourth-order valence-electron chi connectivity index (χ4n) is 1.82. The summed E-state index contributed by atoms with van der Waals surface area (Å²) in [5.41, 5.74) is 1.35. The number of esters is 1. The van der Waals surface area contributed by atoms with Gasteiger partial charge in [0.15, 0.2) is 12.4 Å². The molecule has 2 aromatic carbocycles. The second kappa shape index (κ2) is 7.24. The van der Waals surface area contributed by atoms with E-state index in [4.69, 9.17) is 9.47 Å². The van der Waals surface area contributed by atoms with Crippen molar-refractivity contribution in [3.05, 3.63) is 65.7 Å². The second-order valence-electron chi connectivity index (χ2n) is 4.47. The van der Waals surface area contributed by atoms with Crippen LogP contribution in [0.2, 0.25) is 0 Å². The van der Waals surface area contributed by atoms with E-state index < -0.39 is 5.97 Å². The molecular weight excluding hydrogens is 268 g/mol. The van der Waals surface area contributed by atoms with Crippen molar-refractivity contribution in [2.24, 2.45) is 0 Å². The van der Waals surface area contributed by atoms with Crippen LogP contribution in [0, 0.1) is 0 Å². The van der Waals surface area contributed by atoms with Crippen LogP contribution in [0.1, 0.15) is 15.9 Å². The molecule has 0 atom stereocenters. The van der Waals surface area contributed by atoms with E-state index in [-0.39, 0.29) is 18.8 Å². The van der Waals surface area contributed by atoms with Gasteiger partial charge in [-0.1, -0.05) is 30.3 Å². The Morgan fingerprint density at radius 2 is 1.62 bits per heavy atom. The van der Waals surface area contributed by atoms with Crippen molar-refractivity contribution in [2.75, 3.05) is 13.7 Å². The summed E-state index contributed by atoms with van der Waals surface area (Å²) in [6, 6.07) is 15.9.